The highest BCUT2D eigenvalue weighted by atomic mass is 15.1. The molecule has 0 aliphatic rings. The zero-order valence-electron chi connectivity index (χ0n) is 18.6. The molecule has 3 aromatic heterocycles. The molecular formula is C26H25N7. The van der Waals surface area contributed by atoms with Gasteiger partial charge in [0.2, 0.25) is 0 Å². The Kier molecular flexibility index (Phi) is 5.44. The molecular weight excluding hydrogens is 410 g/mol. The lowest BCUT2D eigenvalue weighted by Crippen LogP contribution is -2.07. The van der Waals surface area contributed by atoms with Gasteiger partial charge in [0, 0.05) is 48.5 Å². The number of benzene rings is 2. The largest absolute Gasteiger partial charge is 0.383 e. The first kappa shape index (κ1) is 20.6. The van der Waals surface area contributed by atoms with Crippen molar-refractivity contribution in [1.29, 1.82) is 0 Å². The van der Waals surface area contributed by atoms with Crippen LogP contribution in [0, 0.1) is 13.8 Å². The van der Waals surface area contributed by atoms with Crippen molar-refractivity contribution in [3.8, 4) is 0 Å². The molecule has 0 saturated heterocycles. The Morgan fingerprint density at radius 1 is 0.788 bits per heavy atom. The zero-order chi connectivity index (χ0) is 22.8. The van der Waals surface area contributed by atoms with E-state index in [1.54, 1.807) is 12.5 Å². The van der Waals surface area contributed by atoms with Crippen LogP contribution >= 0.6 is 0 Å². The number of nitrogens with two attached hydrogens (primary N) is 1. The SMILES string of the molecule is Cc1cc2c(N)nccc2c(C)c1CNc1cc(NCc2ccc3cnccc3c2)ncn1. The van der Waals surface area contributed by atoms with Crippen molar-refractivity contribution < 1.29 is 0 Å². The smallest absolute Gasteiger partial charge is 0.131 e. The Bertz CT molecular complexity index is 1460. The maximum absolute atomic E-state index is 6.07. The number of rotatable bonds is 6. The molecule has 5 rings (SSSR count). The Balaban J connectivity index is 1.29. The molecule has 0 amide bonds. The monoisotopic (exact) mass is 435 g/mol. The molecule has 5 aromatic rings. The first-order valence-electron chi connectivity index (χ1n) is 10.8. The van der Waals surface area contributed by atoms with Gasteiger partial charge in [-0.1, -0.05) is 12.1 Å². The van der Waals surface area contributed by atoms with Crippen LogP contribution in [0.15, 0.2) is 67.4 Å². The molecule has 164 valence electrons. The van der Waals surface area contributed by atoms with E-state index >= 15 is 0 Å². The fourth-order valence-electron chi connectivity index (χ4n) is 4.17. The Morgan fingerprint density at radius 2 is 1.61 bits per heavy atom. The molecule has 7 nitrogen and oxygen atoms in total. The minimum atomic E-state index is 0.563. The van der Waals surface area contributed by atoms with Crippen molar-refractivity contribution in [3.05, 3.63) is 89.6 Å². The molecule has 0 radical (unpaired) electrons. The molecule has 3 heterocycles. The Labute approximate surface area is 192 Å². The molecule has 0 spiro atoms. The summed E-state index contributed by atoms with van der Waals surface area (Å²) in [6, 6.07) is 14.4. The predicted molar refractivity (Wildman–Crippen MR) is 134 cm³/mol. The Morgan fingerprint density at radius 3 is 2.45 bits per heavy atom. The predicted octanol–water partition coefficient (Wildman–Crippen LogP) is 5.00. The van der Waals surface area contributed by atoms with Gasteiger partial charge in [-0.05, 0) is 71.1 Å². The fourth-order valence-corrected chi connectivity index (χ4v) is 4.17. The van der Waals surface area contributed by atoms with E-state index in [4.69, 9.17) is 5.73 Å². The molecule has 0 fully saturated rings. The lowest BCUT2D eigenvalue weighted by Gasteiger charge is -2.15. The van der Waals surface area contributed by atoms with Crippen molar-refractivity contribution in [3.63, 3.8) is 0 Å². The third-order valence-electron chi connectivity index (χ3n) is 6.01. The van der Waals surface area contributed by atoms with Gasteiger partial charge in [-0.3, -0.25) is 4.98 Å². The number of hydrogen-bond donors (Lipinski definition) is 3. The minimum absolute atomic E-state index is 0.563. The van der Waals surface area contributed by atoms with Crippen LogP contribution in [-0.2, 0) is 13.1 Å². The lowest BCUT2D eigenvalue weighted by atomic mass is 9.96. The summed E-state index contributed by atoms with van der Waals surface area (Å²) < 4.78 is 0. The number of nitrogen functional groups attached to an aromatic ring is 1. The van der Waals surface area contributed by atoms with E-state index < -0.39 is 0 Å². The summed E-state index contributed by atoms with van der Waals surface area (Å²) in [5.74, 6) is 2.10. The van der Waals surface area contributed by atoms with E-state index in [0.717, 1.165) is 27.8 Å². The van der Waals surface area contributed by atoms with E-state index in [1.165, 1.54) is 27.6 Å². The van der Waals surface area contributed by atoms with Crippen molar-refractivity contribution in [2.75, 3.05) is 16.4 Å². The topological polar surface area (TPSA) is 102 Å². The maximum Gasteiger partial charge on any atom is 0.131 e. The summed E-state index contributed by atoms with van der Waals surface area (Å²) in [7, 11) is 0. The summed E-state index contributed by atoms with van der Waals surface area (Å²) in [4.78, 5) is 17.1. The van der Waals surface area contributed by atoms with Crippen LogP contribution in [0.3, 0.4) is 0 Å². The van der Waals surface area contributed by atoms with Crippen LogP contribution in [0.1, 0.15) is 22.3 Å². The van der Waals surface area contributed by atoms with Gasteiger partial charge >= 0.3 is 0 Å². The van der Waals surface area contributed by atoms with Crippen LogP contribution in [0.25, 0.3) is 21.5 Å². The molecule has 0 aliphatic heterocycles. The fraction of sp³-hybridized carbons (Fsp3) is 0.154. The minimum Gasteiger partial charge on any atom is -0.383 e. The molecule has 0 bridgehead atoms. The highest BCUT2D eigenvalue weighted by Gasteiger charge is 2.10. The lowest BCUT2D eigenvalue weighted by molar-refractivity contribution is 1.04. The average molecular weight is 436 g/mol. The van der Waals surface area contributed by atoms with E-state index in [-0.39, 0.29) is 0 Å². The van der Waals surface area contributed by atoms with Crippen LogP contribution < -0.4 is 16.4 Å². The second-order valence-electron chi connectivity index (χ2n) is 8.14. The molecule has 4 N–H and O–H groups in total. The van der Waals surface area contributed by atoms with Crippen LogP contribution in [0.4, 0.5) is 17.5 Å². The van der Waals surface area contributed by atoms with Crippen molar-refractivity contribution >= 4 is 39.0 Å². The van der Waals surface area contributed by atoms with Gasteiger partial charge < -0.3 is 16.4 Å². The average Bonchev–Trinajstić information content (AvgIpc) is 2.83. The number of nitrogens with one attached hydrogen (secondary N) is 2. The number of aryl methyl sites for hydroxylation is 2. The summed E-state index contributed by atoms with van der Waals surface area (Å²) in [5, 5.41) is 11.3. The summed E-state index contributed by atoms with van der Waals surface area (Å²) in [6.45, 7) is 5.55. The van der Waals surface area contributed by atoms with Gasteiger partial charge in [-0.15, -0.1) is 0 Å². The first-order chi connectivity index (χ1) is 16.1. The Hall–Kier alpha value is -4.26. The molecule has 2 aromatic carbocycles. The van der Waals surface area contributed by atoms with Crippen molar-refractivity contribution in [1.82, 2.24) is 19.9 Å². The standard InChI is InChI=1S/C26H25N7/c1-16-9-22-21(6-8-29-26(22)27)17(2)23(16)14-31-25-11-24(32-15-33-25)30-12-18-3-4-20-13-28-7-5-19(20)10-18/h3-11,13,15H,12,14H2,1-2H3,(H2,27,29)(H2,30,31,32,33). The van der Waals surface area contributed by atoms with Gasteiger partial charge in [-0.2, -0.15) is 0 Å². The zero-order valence-corrected chi connectivity index (χ0v) is 18.6. The molecule has 33 heavy (non-hydrogen) atoms. The quantitative estimate of drug-likeness (QED) is 0.345. The van der Waals surface area contributed by atoms with E-state index in [9.17, 15) is 0 Å². The third-order valence-corrected chi connectivity index (χ3v) is 6.01. The van der Waals surface area contributed by atoms with Crippen LogP contribution in [0.2, 0.25) is 0 Å². The van der Waals surface area contributed by atoms with Gasteiger partial charge in [0.25, 0.3) is 0 Å². The second-order valence-corrected chi connectivity index (χ2v) is 8.14. The number of nitrogens with zero attached hydrogens (tertiary/aromatic N) is 4. The van der Waals surface area contributed by atoms with Crippen molar-refractivity contribution in [2.24, 2.45) is 0 Å². The summed E-state index contributed by atoms with van der Waals surface area (Å²) in [5.41, 5.74) is 10.8. The number of hydrogen-bond acceptors (Lipinski definition) is 7. The maximum atomic E-state index is 6.07. The molecule has 0 aliphatic carbocycles. The second kappa shape index (κ2) is 8.70. The van der Waals surface area contributed by atoms with Crippen LogP contribution in [-0.4, -0.2) is 19.9 Å². The molecule has 0 unspecified atom stereocenters. The summed E-state index contributed by atoms with van der Waals surface area (Å²) in [6.07, 6.45) is 7.02. The third kappa shape index (κ3) is 4.25. The van der Waals surface area contributed by atoms with Crippen molar-refractivity contribution in [2.45, 2.75) is 26.9 Å². The highest BCUT2D eigenvalue weighted by molar-refractivity contribution is 5.94. The van der Waals surface area contributed by atoms with E-state index in [1.807, 2.05) is 30.6 Å². The number of pyridine rings is 2. The summed E-state index contributed by atoms with van der Waals surface area (Å²) >= 11 is 0. The van der Waals surface area contributed by atoms with E-state index in [0.29, 0.717) is 18.9 Å². The normalized spacial score (nSPS) is 11.1. The molecule has 0 atom stereocenters. The highest BCUT2D eigenvalue weighted by Crippen LogP contribution is 2.28. The number of aromatic nitrogens is 4. The molecule has 0 saturated carbocycles. The first-order valence-corrected chi connectivity index (χ1v) is 10.8. The van der Waals surface area contributed by atoms with Crippen LogP contribution in [0.5, 0.6) is 0 Å². The van der Waals surface area contributed by atoms with E-state index in [2.05, 4.69) is 68.7 Å². The van der Waals surface area contributed by atoms with Gasteiger partial charge in [0.1, 0.15) is 23.8 Å². The number of anilines is 3. The van der Waals surface area contributed by atoms with Gasteiger partial charge in [-0.25, -0.2) is 15.0 Å². The van der Waals surface area contributed by atoms with Gasteiger partial charge in [0.15, 0.2) is 0 Å². The molecule has 7 heteroatoms. The number of fused-ring (bicyclic) bond motifs is 2. The van der Waals surface area contributed by atoms with Gasteiger partial charge in [0.05, 0.1) is 0 Å².